The SMILES string of the molecule is CC(C)[C@H](NCc1ccccc1C(F)(F)F)C(=O)O. The quantitative estimate of drug-likeness (QED) is 0.868. The van der Waals surface area contributed by atoms with E-state index in [1.807, 2.05) is 0 Å². The van der Waals surface area contributed by atoms with Crippen LogP contribution in [0.5, 0.6) is 0 Å². The lowest BCUT2D eigenvalue weighted by molar-refractivity contribution is -0.140. The molecule has 1 aromatic carbocycles. The molecule has 0 aliphatic heterocycles. The van der Waals surface area contributed by atoms with Crippen LogP contribution in [-0.2, 0) is 17.5 Å². The van der Waals surface area contributed by atoms with E-state index in [0.29, 0.717) is 0 Å². The summed E-state index contributed by atoms with van der Waals surface area (Å²) >= 11 is 0. The molecule has 3 nitrogen and oxygen atoms in total. The van der Waals surface area contributed by atoms with Crippen molar-refractivity contribution in [2.75, 3.05) is 0 Å². The van der Waals surface area contributed by atoms with Crippen molar-refractivity contribution in [2.24, 2.45) is 5.92 Å². The van der Waals surface area contributed by atoms with Crippen molar-refractivity contribution < 1.29 is 23.1 Å². The Morgan fingerprint density at radius 1 is 1.32 bits per heavy atom. The van der Waals surface area contributed by atoms with E-state index < -0.39 is 23.8 Å². The van der Waals surface area contributed by atoms with E-state index in [1.165, 1.54) is 18.2 Å². The van der Waals surface area contributed by atoms with Crippen LogP contribution < -0.4 is 5.32 Å². The van der Waals surface area contributed by atoms with Gasteiger partial charge in [0, 0.05) is 6.54 Å². The molecule has 0 amide bonds. The predicted octanol–water partition coefficient (Wildman–Crippen LogP) is 2.90. The highest BCUT2D eigenvalue weighted by atomic mass is 19.4. The van der Waals surface area contributed by atoms with Gasteiger partial charge in [-0.25, -0.2) is 0 Å². The van der Waals surface area contributed by atoms with E-state index >= 15 is 0 Å². The standard InChI is InChI=1S/C13H16F3NO2/c1-8(2)11(12(18)19)17-7-9-5-3-4-6-10(9)13(14,15)16/h3-6,8,11,17H,7H2,1-2H3,(H,18,19)/t11-/m0/s1. The van der Waals surface area contributed by atoms with Crippen molar-refractivity contribution in [3.8, 4) is 0 Å². The topological polar surface area (TPSA) is 49.3 Å². The van der Waals surface area contributed by atoms with Gasteiger partial charge in [-0.3, -0.25) is 4.79 Å². The monoisotopic (exact) mass is 275 g/mol. The summed E-state index contributed by atoms with van der Waals surface area (Å²) in [6.07, 6.45) is -4.44. The second kappa shape index (κ2) is 6.06. The molecule has 0 bridgehead atoms. The van der Waals surface area contributed by atoms with Crippen molar-refractivity contribution in [1.82, 2.24) is 5.32 Å². The van der Waals surface area contributed by atoms with Gasteiger partial charge < -0.3 is 10.4 Å². The first-order valence-electron chi connectivity index (χ1n) is 5.84. The molecule has 0 aromatic heterocycles. The van der Waals surface area contributed by atoms with E-state index in [0.717, 1.165) is 6.07 Å². The minimum absolute atomic E-state index is 0.0434. The summed E-state index contributed by atoms with van der Waals surface area (Å²) < 4.78 is 38.2. The second-order valence-electron chi connectivity index (χ2n) is 4.60. The fourth-order valence-electron chi connectivity index (χ4n) is 1.78. The fraction of sp³-hybridized carbons (Fsp3) is 0.462. The number of benzene rings is 1. The van der Waals surface area contributed by atoms with Crippen LogP contribution in [0.4, 0.5) is 13.2 Å². The Hall–Kier alpha value is -1.56. The zero-order valence-corrected chi connectivity index (χ0v) is 10.7. The Balaban J connectivity index is 2.86. The zero-order valence-electron chi connectivity index (χ0n) is 10.7. The summed E-state index contributed by atoms with van der Waals surface area (Å²) in [5.41, 5.74) is -0.697. The van der Waals surface area contributed by atoms with Gasteiger partial charge in [0.05, 0.1) is 5.56 Å². The summed E-state index contributed by atoms with van der Waals surface area (Å²) in [5, 5.41) is 11.6. The van der Waals surface area contributed by atoms with E-state index in [9.17, 15) is 18.0 Å². The number of hydrogen-bond acceptors (Lipinski definition) is 2. The maximum atomic E-state index is 12.7. The molecule has 1 aromatic rings. The number of alkyl halides is 3. The molecule has 0 aliphatic carbocycles. The van der Waals surface area contributed by atoms with Crippen molar-refractivity contribution in [1.29, 1.82) is 0 Å². The van der Waals surface area contributed by atoms with Gasteiger partial charge in [-0.1, -0.05) is 32.0 Å². The van der Waals surface area contributed by atoms with Gasteiger partial charge in [-0.15, -0.1) is 0 Å². The molecule has 0 aliphatic rings. The molecule has 1 rings (SSSR count). The van der Waals surface area contributed by atoms with Gasteiger partial charge in [0.25, 0.3) is 0 Å². The fourth-order valence-corrected chi connectivity index (χ4v) is 1.78. The normalized spacial score (nSPS) is 13.6. The number of carbonyl (C=O) groups is 1. The van der Waals surface area contributed by atoms with Gasteiger partial charge >= 0.3 is 12.1 Å². The third-order valence-corrected chi connectivity index (χ3v) is 2.77. The molecule has 0 fully saturated rings. The lowest BCUT2D eigenvalue weighted by atomic mass is 10.0. The first kappa shape index (κ1) is 15.5. The molecule has 0 spiro atoms. The third-order valence-electron chi connectivity index (χ3n) is 2.77. The van der Waals surface area contributed by atoms with Crippen LogP contribution in [0.3, 0.4) is 0 Å². The van der Waals surface area contributed by atoms with Crippen molar-refractivity contribution in [2.45, 2.75) is 32.6 Å². The highest BCUT2D eigenvalue weighted by molar-refractivity contribution is 5.73. The van der Waals surface area contributed by atoms with Crippen LogP contribution in [0.15, 0.2) is 24.3 Å². The smallest absolute Gasteiger partial charge is 0.416 e. The van der Waals surface area contributed by atoms with Gasteiger partial charge in [0.1, 0.15) is 6.04 Å². The Labute approximate surface area is 109 Å². The highest BCUT2D eigenvalue weighted by Crippen LogP contribution is 2.31. The van der Waals surface area contributed by atoms with Gasteiger partial charge in [0.2, 0.25) is 0 Å². The summed E-state index contributed by atoms with van der Waals surface area (Å²) in [6, 6.07) is 4.26. The average Bonchev–Trinajstić information content (AvgIpc) is 2.27. The van der Waals surface area contributed by atoms with Crippen LogP contribution in [0, 0.1) is 5.92 Å². The number of nitrogens with one attached hydrogen (secondary N) is 1. The molecule has 6 heteroatoms. The Bertz CT molecular complexity index is 444. The molecule has 106 valence electrons. The summed E-state index contributed by atoms with van der Waals surface area (Å²) in [5.74, 6) is -1.28. The zero-order chi connectivity index (χ0) is 14.6. The third kappa shape index (κ3) is 4.24. The van der Waals surface area contributed by atoms with Crippen LogP contribution in [0.1, 0.15) is 25.0 Å². The molecular formula is C13H16F3NO2. The Morgan fingerprint density at radius 3 is 2.37 bits per heavy atom. The first-order valence-corrected chi connectivity index (χ1v) is 5.84. The van der Waals surface area contributed by atoms with Crippen molar-refractivity contribution in [3.63, 3.8) is 0 Å². The van der Waals surface area contributed by atoms with Gasteiger partial charge in [-0.2, -0.15) is 13.2 Å². The van der Waals surface area contributed by atoms with Crippen molar-refractivity contribution >= 4 is 5.97 Å². The number of aliphatic carboxylic acids is 1. The molecule has 0 radical (unpaired) electrons. The largest absolute Gasteiger partial charge is 0.480 e. The first-order chi connectivity index (χ1) is 8.73. The second-order valence-corrected chi connectivity index (χ2v) is 4.60. The molecule has 0 unspecified atom stereocenters. The minimum atomic E-state index is -4.44. The maximum absolute atomic E-state index is 12.7. The molecule has 2 N–H and O–H groups in total. The van der Waals surface area contributed by atoms with E-state index in [2.05, 4.69) is 5.32 Å². The maximum Gasteiger partial charge on any atom is 0.416 e. The molecule has 19 heavy (non-hydrogen) atoms. The number of carboxylic acid groups (broad SMARTS) is 1. The van der Waals surface area contributed by atoms with Crippen LogP contribution in [-0.4, -0.2) is 17.1 Å². The van der Waals surface area contributed by atoms with Gasteiger partial charge in [0.15, 0.2) is 0 Å². The lowest BCUT2D eigenvalue weighted by Crippen LogP contribution is -2.40. The highest BCUT2D eigenvalue weighted by Gasteiger charge is 2.33. The van der Waals surface area contributed by atoms with E-state index in [1.54, 1.807) is 13.8 Å². The van der Waals surface area contributed by atoms with Gasteiger partial charge in [-0.05, 0) is 17.5 Å². The molecular weight excluding hydrogens is 259 g/mol. The molecule has 0 saturated carbocycles. The number of hydrogen-bond donors (Lipinski definition) is 2. The molecule has 1 atom stereocenters. The number of rotatable bonds is 5. The molecule has 0 heterocycles. The Morgan fingerprint density at radius 2 is 1.89 bits per heavy atom. The van der Waals surface area contributed by atoms with Crippen LogP contribution in [0.2, 0.25) is 0 Å². The minimum Gasteiger partial charge on any atom is -0.480 e. The number of halogens is 3. The van der Waals surface area contributed by atoms with E-state index in [-0.39, 0.29) is 18.0 Å². The average molecular weight is 275 g/mol. The lowest BCUT2D eigenvalue weighted by Gasteiger charge is -2.19. The predicted molar refractivity (Wildman–Crippen MR) is 64.5 cm³/mol. The molecule has 0 saturated heterocycles. The van der Waals surface area contributed by atoms with E-state index in [4.69, 9.17) is 5.11 Å². The Kier molecular flexibility index (Phi) is 4.94. The van der Waals surface area contributed by atoms with Crippen molar-refractivity contribution in [3.05, 3.63) is 35.4 Å². The number of carboxylic acids is 1. The summed E-state index contributed by atoms with van der Waals surface area (Å²) in [6.45, 7) is 3.26. The summed E-state index contributed by atoms with van der Waals surface area (Å²) in [7, 11) is 0. The summed E-state index contributed by atoms with van der Waals surface area (Å²) in [4.78, 5) is 11.0. The van der Waals surface area contributed by atoms with Crippen LogP contribution >= 0.6 is 0 Å². The van der Waals surface area contributed by atoms with Crippen LogP contribution in [0.25, 0.3) is 0 Å².